The van der Waals surface area contributed by atoms with Gasteiger partial charge in [0.25, 0.3) is 0 Å². The van der Waals surface area contributed by atoms with Crippen LogP contribution in [0.25, 0.3) is 0 Å². The van der Waals surface area contributed by atoms with E-state index in [1.807, 2.05) is 30.3 Å². The quantitative estimate of drug-likeness (QED) is 0.642. The molecule has 2 aliphatic heterocycles. The normalized spacial score (nSPS) is 24.7. The van der Waals surface area contributed by atoms with Crippen LogP contribution in [0.4, 0.5) is 0 Å². The molecule has 0 bridgehead atoms. The molecule has 6 nitrogen and oxygen atoms in total. The summed E-state index contributed by atoms with van der Waals surface area (Å²) >= 11 is 0. The van der Waals surface area contributed by atoms with E-state index in [1.54, 1.807) is 12.1 Å². The van der Waals surface area contributed by atoms with Gasteiger partial charge in [-0.05, 0) is 28.7 Å². The molecule has 33 heavy (non-hydrogen) atoms. The third-order valence-corrected chi connectivity index (χ3v) is 11.0. The van der Waals surface area contributed by atoms with Crippen molar-refractivity contribution in [3.63, 3.8) is 0 Å². The zero-order valence-corrected chi connectivity index (χ0v) is 21.3. The van der Waals surface area contributed by atoms with Gasteiger partial charge in [0.2, 0.25) is 0 Å². The molecule has 2 aliphatic rings. The maximum Gasteiger partial charge on any atom is 0.183 e. The van der Waals surface area contributed by atoms with Gasteiger partial charge in [0, 0.05) is 38.8 Å². The Kier molecular flexibility index (Phi) is 6.75. The molecule has 2 fully saturated rings. The topological polar surface area (TPSA) is 74.8 Å². The van der Waals surface area contributed by atoms with Gasteiger partial charge < -0.3 is 0 Å². The van der Waals surface area contributed by atoms with Crippen LogP contribution in [0.5, 0.6) is 0 Å². The van der Waals surface area contributed by atoms with Crippen molar-refractivity contribution >= 4 is 19.7 Å². The van der Waals surface area contributed by atoms with Gasteiger partial charge >= 0.3 is 0 Å². The molecule has 0 saturated carbocycles. The molecule has 0 aliphatic carbocycles. The Labute approximate surface area is 198 Å². The monoisotopic (exact) mass is 490 g/mol. The van der Waals surface area contributed by atoms with Gasteiger partial charge in [-0.2, -0.15) is 0 Å². The van der Waals surface area contributed by atoms with Gasteiger partial charge in [-0.25, -0.2) is 16.8 Å². The van der Waals surface area contributed by atoms with Crippen molar-refractivity contribution in [2.75, 3.05) is 37.7 Å². The molecule has 180 valence electrons. The predicted molar refractivity (Wildman–Crippen MR) is 132 cm³/mol. The third kappa shape index (κ3) is 5.50. The minimum Gasteiger partial charge on any atom is -0.297 e. The number of rotatable bonds is 5. The summed E-state index contributed by atoms with van der Waals surface area (Å²) in [7, 11) is -7.18. The number of sulfone groups is 2. The summed E-state index contributed by atoms with van der Waals surface area (Å²) in [5.41, 5.74) is 2.21. The van der Waals surface area contributed by atoms with Gasteiger partial charge in [-0.3, -0.25) is 9.80 Å². The summed E-state index contributed by atoms with van der Waals surface area (Å²) in [6.07, 6.45) is 0. The minimum absolute atomic E-state index is 0.0824. The van der Waals surface area contributed by atoms with E-state index in [-0.39, 0.29) is 21.8 Å². The van der Waals surface area contributed by atoms with Gasteiger partial charge in [0.15, 0.2) is 19.7 Å². The smallest absolute Gasteiger partial charge is 0.183 e. The summed E-state index contributed by atoms with van der Waals surface area (Å²) in [6, 6.07) is 16.7. The van der Waals surface area contributed by atoms with Gasteiger partial charge in [-0.1, -0.05) is 63.2 Å². The Morgan fingerprint density at radius 1 is 0.879 bits per heavy atom. The second-order valence-electron chi connectivity index (χ2n) is 10.3. The van der Waals surface area contributed by atoms with Crippen molar-refractivity contribution in [2.24, 2.45) is 0 Å². The first-order chi connectivity index (χ1) is 15.5. The zero-order chi connectivity index (χ0) is 23.9. The van der Waals surface area contributed by atoms with Crippen LogP contribution in [-0.4, -0.2) is 75.6 Å². The molecule has 0 unspecified atom stereocenters. The Balaban J connectivity index is 1.50. The average Bonchev–Trinajstić information content (AvgIpc) is 3.11. The van der Waals surface area contributed by atoms with E-state index in [0.29, 0.717) is 13.1 Å². The third-order valence-electron chi connectivity index (χ3n) is 6.84. The molecule has 2 saturated heterocycles. The highest BCUT2D eigenvalue weighted by atomic mass is 32.2. The summed E-state index contributed by atoms with van der Waals surface area (Å²) in [6.45, 7) is 10.00. The molecule has 2 aromatic rings. The minimum atomic E-state index is -3.77. The van der Waals surface area contributed by atoms with E-state index in [2.05, 4.69) is 42.7 Å². The van der Waals surface area contributed by atoms with E-state index >= 15 is 0 Å². The van der Waals surface area contributed by atoms with Crippen LogP contribution in [0.1, 0.15) is 31.9 Å². The fourth-order valence-corrected chi connectivity index (χ4v) is 9.68. The highest BCUT2D eigenvalue weighted by Crippen LogP contribution is 2.31. The second-order valence-corrected chi connectivity index (χ2v) is 14.6. The van der Waals surface area contributed by atoms with Crippen LogP contribution in [0.15, 0.2) is 59.5 Å². The summed E-state index contributed by atoms with van der Waals surface area (Å²) < 4.78 is 52.2. The van der Waals surface area contributed by atoms with Crippen molar-refractivity contribution in [1.82, 2.24) is 9.80 Å². The van der Waals surface area contributed by atoms with Gasteiger partial charge in [-0.15, -0.1) is 0 Å². The lowest BCUT2D eigenvalue weighted by atomic mass is 9.87. The van der Waals surface area contributed by atoms with Crippen LogP contribution in [0, 0.1) is 0 Å². The number of hydrogen-bond donors (Lipinski definition) is 0. The molecule has 2 atom stereocenters. The van der Waals surface area contributed by atoms with Crippen LogP contribution in [0.2, 0.25) is 0 Å². The number of hydrogen-bond acceptors (Lipinski definition) is 6. The fourth-order valence-electron chi connectivity index (χ4n) is 4.85. The highest BCUT2D eigenvalue weighted by molar-refractivity contribution is 7.96. The molecule has 2 heterocycles. The SMILES string of the molecule is CC(C)(C)c1ccc(S(=O)(=O)[C@H]2CS(=O)(=O)C[C@@H]2N2CCN(Cc3ccccc3)CC2)cc1. The number of piperazine rings is 1. The van der Waals surface area contributed by atoms with Crippen molar-refractivity contribution in [1.29, 1.82) is 0 Å². The van der Waals surface area contributed by atoms with Crippen LogP contribution < -0.4 is 0 Å². The maximum absolute atomic E-state index is 13.5. The van der Waals surface area contributed by atoms with Crippen LogP contribution in [0.3, 0.4) is 0 Å². The lowest BCUT2D eigenvalue weighted by Crippen LogP contribution is -2.54. The van der Waals surface area contributed by atoms with E-state index in [1.165, 1.54) is 5.56 Å². The number of benzene rings is 2. The largest absolute Gasteiger partial charge is 0.297 e. The lowest BCUT2D eigenvalue weighted by molar-refractivity contribution is 0.101. The Morgan fingerprint density at radius 3 is 2.06 bits per heavy atom. The standard InChI is InChI=1S/C25H34N2O4S2/c1-25(2,3)21-9-11-22(12-10-21)33(30,31)24-19-32(28,29)18-23(24)27-15-13-26(14-16-27)17-20-7-5-4-6-8-20/h4-12,23-24H,13-19H2,1-3H3/t23-,24-/m0/s1. The van der Waals surface area contributed by atoms with Crippen molar-refractivity contribution < 1.29 is 16.8 Å². The summed E-state index contributed by atoms with van der Waals surface area (Å²) in [5, 5.41) is -0.927. The Bertz CT molecular complexity index is 1160. The molecular formula is C25H34N2O4S2. The van der Waals surface area contributed by atoms with Crippen LogP contribution >= 0.6 is 0 Å². The molecular weight excluding hydrogens is 456 g/mol. The molecule has 0 amide bonds. The second kappa shape index (κ2) is 9.13. The highest BCUT2D eigenvalue weighted by Gasteiger charge is 2.48. The van der Waals surface area contributed by atoms with E-state index in [9.17, 15) is 16.8 Å². The van der Waals surface area contributed by atoms with Crippen molar-refractivity contribution in [2.45, 2.75) is 48.9 Å². The molecule has 4 rings (SSSR count). The van der Waals surface area contributed by atoms with Gasteiger partial charge in [0.1, 0.15) is 0 Å². The van der Waals surface area contributed by atoms with Gasteiger partial charge in [0.05, 0.1) is 21.7 Å². The molecule has 0 radical (unpaired) electrons. The summed E-state index contributed by atoms with van der Waals surface area (Å²) in [4.78, 5) is 4.63. The van der Waals surface area contributed by atoms with E-state index in [0.717, 1.165) is 25.2 Å². The Hall–Kier alpha value is -1.74. The van der Waals surface area contributed by atoms with E-state index in [4.69, 9.17) is 0 Å². The predicted octanol–water partition coefficient (Wildman–Crippen LogP) is 2.74. The van der Waals surface area contributed by atoms with E-state index < -0.39 is 31.0 Å². The Morgan fingerprint density at radius 2 is 1.48 bits per heavy atom. The molecule has 8 heteroatoms. The molecule has 2 aromatic carbocycles. The van der Waals surface area contributed by atoms with Crippen LogP contribution in [-0.2, 0) is 31.6 Å². The molecule has 0 aromatic heterocycles. The molecule has 0 spiro atoms. The first-order valence-electron chi connectivity index (χ1n) is 11.5. The zero-order valence-electron chi connectivity index (χ0n) is 19.6. The summed E-state index contributed by atoms with van der Waals surface area (Å²) in [5.74, 6) is -0.388. The average molecular weight is 491 g/mol. The molecule has 0 N–H and O–H groups in total. The number of nitrogens with zero attached hydrogens (tertiary/aromatic N) is 2. The van der Waals surface area contributed by atoms with Crippen molar-refractivity contribution in [3.05, 3.63) is 65.7 Å². The van der Waals surface area contributed by atoms with Crippen molar-refractivity contribution in [3.8, 4) is 0 Å². The fraction of sp³-hybridized carbons (Fsp3) is 0.520. The maximum atomic E-state index is 13.5. The first kappa shape index (κ1) is 24.4. The lowest BCUT2D eigenvalue weighted by Gasteiger charge is -2.39. The first-order valence-corrected chi connectivity index (χ1v) is 14.9.